The first-order valence-electron chi connectivity index (χ1n) is 7.43. The number of nitrogens with one attached hydrogen (secondary N) is 1. The van der Waals surface area contributed by atoms with E-state index in [4.69, 9.17) is 12.2 Å². The summed E-state index contributed by atoms with van der Waals surface area (Å²) in [4.78, 5) is 1.99. The van der Waals surface area contributed by atoms with Crippen LogP contribution < -0.4 is 5.32 Å². The van der Waals surface area contributed by atoms with E-state index >= 15 is 0 Å². The van der Waals surface area contributed by atoms with Gasteiger partial charge in [0.15, 0.2) is 5.11 Å². The summed E-state index contributed by atoms with van der Waals surface area (Å²) in [5.41, 5.74) is 2.17. The van der Waals surface area contributed by atoms with Crippen LogP contribution in [-0.4, -0.2) is 34.3 Å². The van der Waals surface area contributed by atoms with Crippen molar-refractivity contribution in [2.75, 3.05) is 12.4 Å². The van der Waals surface area contributed by atoms with Crippen molar-refractivity contribution in [1.82, 2.24) is 4.90 Å². The van der Waals surface area contributed by atoms with Gasteiger partial charge in [0.2, 0.25) is 0 Å². The third-order valence-electron chi connectivity index (χ3n) is 4.36. The number of nitrogens with zero attached hydrogens (tertiary/aromatic N) is 1. The van der Waals surface area contributed by atoms with E-state index in [2.05, 4.69) is 24.9 Å². The van der Waals surface area contributed by atoms with E-state index in [1.165, 1.54) is 0 Å². The van der Waals surface area contributed by atoms with E-state index < -0.39 is 0 Å². The maximum atomic E-state index is 10.3. The number of aliphatic hydroxyl groups excluding tert-OH is 1. The largest absolute Gasteiger partial charge is 0.391 e. The van der Waals surface area contributed by atoms with Crippen molar-refractivity contribution in [3.8, 4) is 0 Å². The standard InChI is InChI=1S/C17H24N2OS/c1-4-13-9-10-15(16(20)11-13)19(3)17(21)18-14-8-6-5-7-12(14)2/h4-8,13,15-16,20H,1,9-11H2,2-3H3,(H,18,21). The summed E-state index contributed by atoms with van der Waals surface area (Å²) in [7, 11) is 1.95. The summed E-state index contributed by atoms with van der Waals surface area (Å²) in [6.07, 6.45) is 4.35. The van der Waals surface area contributed by atoms with Crippen LogP contribution in [0.25, 0.3) is 0 Å². The molecule has 3 nitrogen and oxygen atoms in total. The normalized spacial score (nSPS) is 25.2. The average Bonchev–Trinajstić information content (AvgIpc) is 2.48. The predicted molar refractivity (Wildman–Crippen MR) is 92.5 cm³/mol. The molecule has 0 bridgehead atoms. The highest BCUT2D eigenvalue weighted by Gasteiger charge is 2.31. The summed E-state index contributed by atoms with van der Waals surface area (Å²) in [5.74, 6) is 0.419. The maximum Gasteiger partial charge on any atom is 0.173 e. The van der Waals surface area contributed by atoms with Gasteiger partial charge < -0.3 is 15.3 Å². The van der Waals surface area contributed by atoms with E-state index in [0.29, 0.717) is 11.0 Å². The minimum Gasteiger partial charge on any atom is -0.391 e. The summed E-state index contributed by atoms with van der Waals surface area (Å²) < 4.78 is 0. The zero-order chi connectivity index (χ0) is 15.4. The van der Waals surface area contributed by atoms with Crippen LogP contribution in [0.15, 0.2) is 36.9 Å². The Labute approximate surface area is 132 Å². The lowest BCUT2D eigenvalue weighted by molar-refractivity contribution is 0.0466. The molecule has 2 rings (SSSR count). The van der Waals surface area contributed by atoms with Crippen LogP contribution in [0.5, 0.6) is 0 Å². The van der Waals surface area contributed by atoms with E-state index in [0.717, 1.165) is 30.5 Å². The summed E-state index contributed by atoms with van der Waals surface area (Å²) >= 11 is 5.49. The SMILES string of the molecule is C=CC1CCC(N(C)C(=S)Nc2ccccc2C)C(O)C1. The number of para-hydroxylation sites is 1. The number of hydrogen-bond acceptors (Lipinski definition) is 2. The first-order valence-corrected chi connectivity index (χ1v) is 7.83. The molecular formula is C17H24N2OS. The minimum absolute atomic E-state index is 0.0743. The number of aryl methyl sites for hydroxylation is 1. The molecule has 3 unspecified atom stereocenters. The van der Waals surface area contributed by atoms with Gasteiger partial charge in [0, 0.05) is 12.7 Å². The lowest BCUT2D eigenvalue weighted by atomic mass is 9.83. The van der Waals surface area contributed by atoms with Gasteiger partial charge in [-0.15, -0.1) is 6.58 Å². The van der Waals surface area contributed by atoms with Crippen molar-refractivity contribution >= 4 is 23.0 Å². The van der Waals surface area contributed by atoms with Gasteiger partial charge in [0.05, 0.1) is 12.1 Å². The van der Waals surface area contributed by atoms with E-state index in [9.17, 15) is 5.11 Å². The van der Waals surface area contributed by atoms with Crippen molar-refractivity contribution in [3.05, 3.63) is 42.5 Å². The lowest BCUT2D eigenvalue weighted by Gasteiger charge is -2.39. The summed E-state index contributed by atoms with van der Waals surface area (Å²) in [6, 6.07) is 8.14. The number of allylic oxidation sites excluding steroid dienone is 1. The molecule has 1 aliphatic carbocycles. The molecule has 2 N–H and O–H groups in total. The third kappa shape index (κ3) is 3.83. The number of aliphatic hydroxyl groups is 1. The molecular weight excluding hydrogens is 280 g/mol. The van der Waals surface area contributed by atoms with Gasteiger partial charge in [-0.05, 0) is 56.0 Å². The number of likely N-dealkylation sites (N-methyl/N-ethyl adjacent to an activating group) is 1. The topological polar surface area (TPSA) is 35.5 Å². The predicted octanol–water partition coefficient (Wildman–Crippen LogP) is 3.34. The molecule has 1 aromatic carbocycles. The van der Waals surface area contributed by atoms with E-state index in [1.807, 2.05) is 36.2 Å². The molecule has 0 aromatic heterocycles. The lowest BCUT2D eigenvalue weighted by Crippen LogP contribution is -2.49. The van der Waals surface area contributed by atoms with Gasteiger partial charge in [0.25, 0.3) is 0 Å². The van der Waals surface area contributed by atoms with E-state index in [-0.39, 0.29) is 12.1 Å². The zero-order valence-electron chi connectivity index (χ0n) is 12.7. The number of rotatable bonds is 3. The van der Waals surface area contributed by atoms with Crippen molar-refractivity contribution in [2.45, 2.75) is 38.3 Å². The van der Waals surface area contributed by atoms with Crippen LogP contribution in [0.4, 0.5) is 5.69 Å². The van der Waals surface area contributed by atoms with Crippen molar-refractivity contribution in [3.63, 3.8) is 0 Å². The monoisotopic (exact) mass is 304 g/mol. The molecule has 0 aliphatic heterocycles. The molecule has 0 amide bonds. The molecule has 114 valence electrons. The smallest absolute Gasteiger partial charge is 0.173 e. The molecule has 1 aromatic rings. The first kappa shape index (κ1) is 16.0. The number of thiocarbonyl (C=S) groups is 1. The van der Waals surface area contributed by atoms with Crippen LogP contribution in [-0.2, 0) is 0 Å². The first-order chi connectivity index (χ1) is 10.0. The molecule has 1 fully saturated rings. The van der Waals surface area contributed by atoms with Gasteiger partial charge in [-0.25, -0.2) is 0 Å². The van der Waals surface area contributed by atoms with Crippen LogP contribution >= 0.6 is 12.2 Å². The third-order valence-corrected chi connectivity index (χ3v) is 4.75. The van der Waals surface area contributed by atoms with Gasteiger partial charge in [0.1, 0.15) is 0 Å². The Balaban J connectivity index is 1.99. The molecule has 0 radical (unpaired) electrons. The molecule has 0 heterocycles. The second-order valence-electron chi connectivity index (χ2n) is 5.80. The molecule has 0 saturated heterocycles. The van der Waals surface area contributed by atoms with Crippen molar-refractivity contribution in [2.24, 2.45) is 5.92 Å². The molecule has 1 saturated carbocycles. The van der Waals surface area contributed by atoms with Crippen LogP contribution in [0.3, 0.4) is 0 Å². The summed E-state index contributed by atoms with van der Waals surface area (Å²) in [5, 5.41) is 14.3. The Morgan fingerprint density at radius 2 is 2.14 bits per heavy atom. The van der Waals surface area contributed by atoms with E-state index in [1.54, 1.807) is 0 Å². The molecule has 3 atom stereocenters. The highest BCUT2D eigenvalue weighted by molar-refractivity contribution is 7.80. The average molecular weight is 304 g/mol. The molecule has 0 spiro atoms. The Morgan fingerprint density at radius 1 is 1.43 bits per heavy atom. The fourth-order valence-corrected chi connectivity index (χ4v) is 3.14. The molecule has 21 heavy (non-hydrogen) atoms. The maximum absolute atomic E-state index is 10.3. The minimum atomic E-state index is -0.358. The van der Waals surface area contributed by atoms with Gasteiger partial charge >= 0.3 is 0 Å². The summed E-state index contributed by atoms with van der Waals surface area (Å²) in [6.45, 7) is 5.88. The number of benzene rings is 1. The highest BCUT2D eigenvalue weighted by Crippen LogP contribution is 2.28. The zero-order valence-corrected chi connectivity index (χ0v) is 13.6. The number of anilines is 1. The molecule has 1 aliphatic rings. The highest BCUT2D eigenvalue weighted by atomic mass is 32.1. The quantitative estimate of drug-likeness (QED) is 0.663. The van der Waals surface area contributed by atoms with Gasteiger partial charge in [-0.3, -0.25) is 0 Å². The van der Waals surface area contributed by atoms with Crippen molar-refractivity contribution < 1.29 is 5.11 Å². The van der Waals surface area contributed by atoms with Crippen molar-refractivity contribution in [1.29, 1.82) is 0 Å². The van der Waals surface area contributed by atoms with Gasteiger partial charge in [-0.1, -0.05) is 24.3 Å². The van der Waals surface area contributed by atoms with Crippen LogP contribution in [0.1, 0.15) is 24.8 Å². The Morgan fingerprint density at radius 3 is 2.76 bits per heavy atom. The fraction of sp³-hybridized carbons (Fsp3) is 0.471. The van der Waals surface area contributed by atoms with Crippen LogP contribution in [0, 0.1) is 12.8 Å². The fourth-order valence-electron chi connectivity index (χ4n) is 2.90. The number of hydrogen-bond donors (Lipinski definition) is 2. The Kier molecular flexibility index (Phi) is 5.37. The van der Waals surface area contributed by atoms with Crippen LogP contribution in [0.2, 0.25) is 0 Å². The molecule has 4 heteroatoms. The van der Waals surface area contributed by atoms with Gasteiger partial charge in [-0.2, -0.15) is 0 Å². The second kappa shape index (κ2) is 7.05. The Bertz CT molecular complexity index is 517. The second-order valence-corrected chi connectivity index (χ2v) is 6.19. The Hall–Kier alpha value is -1.39.